The van der Waals surface area contributed by atoms with Crippen LogP contribution in [0.25, 0.3) is 32.7 Å². The van der Waals surface area contributed by atoms with E-state index >= 15 is 0 Å². The molecule has 0 aliphatic rings. The van der Waals surface area contributed by atoms with Crippen LogP contribution in [0.3, 0.4) is 0 Å². The molecule has 0 aromatic heterocycles. The Morgan fingerprint density at radius 1 is 0.611 bits per heavy atom. The molecule has 0 aliphatic carbocycles. The molecule has 0 fully saturated rings. The molecule has 0 radical (unpaired) electrons. The molecule has 4 N–H and O–H groups in total. The Labute approximate surface area is 208 Å². The lowest BCUT2D eigenvalue weighted by molar-refractivity contribution is -0.124. The average Bonchev–Trinajstić information content (AvgIpc) is 2.92. The molecule has 0 atom stereocenters. The van der Waals surface area contributed by atoms with Gasteiger partial charge in [-0.3, -0.25) is 9.59 Å². The summed E-state index contributed by atoms with van der Waals surface area (Å²) in [7, 11) is 0. The highest BCUT2D eigenvalue weighted by atomic mass is 16.5. The van der Waals surface area contributed by atoms with Gasteiger partial charge < -0.3 is 30.3 Å². The van der Waals surface area contributed by atoms with Gasteiger partial charge in [0.2, 0.25) is 0 Å². The Kier molecular flexibility index (Phi) is 8.33. The number of benzene rings is 4. The van der Waals surface area contributed by atoms with E-state index in [9.17, 15) is 9.59 Å². The minimum atomic E-state index is -0.349. The SMILES string of the molecule is O=C(COc1ccc2ccccc2c1-c1c(OCC(=O)NCCO)ccc2ccccc12)NCCO. The van der Waals surface area contributed by atoms with Gasteiger partial charge in [-0.15, -0.1) is 0 Å². The molecule has 4 aromatic rings. The second-order valence-electron chi connectivity index (χ2n) is 8.04. The predicted octanol–water partition coefficient (Wildman–Crippen LogP) is 2.63. The first kappa shape index (κ1) is 25.0. The topological polar surface area (TPSA) is 117 Å². The largest absolute Gasteiger partial charge is 0.483 e. The van der Waals surface area contributed by atoms with Crippen molar-refractivity contribution < 1.29 is 29.3 Å². The van der Waals surface area contributed by atoms with E-state index in [1.165, 1.54) is 0 Å². The predicted molar refractivity (Wildman–Crippen MR) is 138 cm³/mol. The maximum absolute atomic E-state index is 12.2. The average molecular weight is 489 g/mol. The van der Waals surface area contributed by atoms with Crippen LogP contribution >= 0.6 is 0 Å². The molecule has 0 heterocycles. The quantitative estimate of drug-likeness (QED) is 0.258. The smallest absolute Gasteiger partial charge is 0.258 e. The number of ether oxygens (including phenoxy) is 2. The van der Waals surface area contributed by atoms with Crippen LogP contribution in [-0.2, 0) is 9.59 Å². The molecule has 36 heavy (non-hydrogen) atoms. The molecule has 4 rings (SSSR count). The summed E-state index contributed by atoms with van der Waals surface area (Å²) in [5, 5.41) is 26.9. The summed E-state index contributed by atoms with van der Waals surface area (Å²) < 4.78 is 12.0. The molecular weight excluding hydrogens is 460 g/mol. The highest BCUT2D eigenvalue weighted by Gasteiger charge is 2.20. The second kappa shape index (κ2) is 12.0. The number of carbonyl (C=O) groups is 2. The van der Waals surface area contributed by atoms with Gasteiger partial charge in [-0.05, 0) is 33.7 Å². The molecule has 0 saturated heterocycles. The normalized spacial score (nSPS) is 10.8. The highest BCUT2D eigenvalue weighted by Crippen LogP contribution is 2.45. The van der Waals surface area contributed by atoms with Gasteiger partial charge in [0.1, 0.15) is 11.5 Å². The Morgan fingerprint density at radius 3 is 1.44 bits per heavy atom. The molecule has 0 saturated carbocycles. The van der Waals surface area contributed by atoms with Gasteiger partial charge in [-0.25, -0.2) is 0 Å². The van der Waals surface area contributed by atoms with Gasteiger partial charge in [-0.2, -0.15) is 0 Å². The monoisotopic (exact) mass is 488 g/mol. The van der Waals surface area contributed by atoms with Crippen LogP contribution in [0.15, 0.2) is 72.8 Å². The van der Waals surface area contributed by atoms with E-state index in [1.807, 2.05) is 72.8 Å². The minimum absolute atomic E-state index is 0.145. The van der Waals surface area contributed by atoms with Crippen LogP contribution in [-0.4, -0.2) is 61.5 Å². The van der Waals surface area contributed by atoms with Gasteiger partial charge in [0.05, 0.1) is 13.2 Å². The lowest BCUT2D eigenvalue weighted by Gasteiger charge is -2.19. The zero-order valence-corrected chi connectivity index (χ0v) is 19.7. The van der Waals surface area contributed by atoms with Crippen molar-refractivity contribution in [1.82, 2.24) is 10.6 Å². The Bertz CT molecular complexity index is 1270. The Hall–Kier alpha value is -4.14. The molecule has 4 aromatic carbocycles. The fraction of sp³-hybridized carbons (Fsp3) is 0.214. The first-order valence-corrected chi connectivity index (χ1v) is 11.7. The zero-order valence-electron chi connectivity index (χ0n) is 19.7. The number of nitrogens with one attached hydrogen (secondary N) is 2. The highest BCUT2D eigenvalue weighted by molar-refractivity contribution is 6.09. The molecule has 0 aliphatic heterocycles. The number of amides is 2. The number of hydrogen-bond acceptors (Lipinski definition) is 6. The van der Waals surface area contributed by atoms with Gasteiger partial charge >= 0.3 is 0 Å². The molecular formula is C28H28N2O6. The van der Waals surface area contributed by atoms with Gasteiger partial charge in [0.25, 0.3) is 11.8 Å². The maximum atomic E-state index is 12.2. The lowest BCUT2D eigenvalue weighted by Crippen LogP contribution is -2.31. The minimum Gasteiger partial charge on any atom is -0.483 e. The molecule has 0 spiro atoms. The molecule has 0 bridgehead atoms. The van der Waals surface area contributed by atoms with Crippen molar-refractivity contribution in [3.63, 3.8) is 0 Å². The Balaban J connectivity index is 1.83. The van der Waals surface area contributed by atoms with Crippen molar-refractivity contribution in [2.45, 2.75) is 0 Å². The van der Waals surface area contributed by atoms with E-state index in [0.717, 1.165) is 32.7 Å². The van der Waals surface area contributed by atoms with Crippen molar-refractivity contribution >= 4 is 33.4 Å². The fourth-order valence-electron chi connectivity index (χ4n) is 4.04. The van der Waals surface area contributed by atoms with Gasteiger partial charge in [-0.1, -0.05) is 60.7 Å². The number of fused-ring (bicyclic) bond motifs is 2. The van der Waals surface area contributed by atoms with E-state index in [2.05, 4.69) is 10.6 Å². The molecule has 0 unspecified atom stereocenters. The maximum Gasteiger partial charge on any atom is 0.258 e. The van der Waals surface area contributed by atoms with Crippen molar-refractivity contribution in [1.29, 1.82) is 0 Å². The van der Waals surface area contributed by atoms with E-state index < -0.39 is 0 Å². The fourth-order valence-corrected chi connectivity index (χ4v) is 4.04. The summed E-state index contributed by atoms with van der Waals surface area (Å²) >= 11 is 0. The summed E-state index contributed by atoms with van der Waals surface area (Å²) in [5.41, 5.74) is 1.48. The summed E-state index contributed by atoms with van der Waals surface area (Å²) in [6, 6.07) is 23.2. The third kappa shape index (κ3) is 5.73. The van der Waals surface area contributed by atoms with E-state index in [-0.39, 0.29) is 51.3 Å². The Morgan fingerprint density at radius 2 is 1.03 bits per heavy atom. The van der Waals surface area contributed by atoms with Crippen LogP contribution in [0.2, 0.25) is 0 Å². The molecule has 2 amide bonds. The van der Waals surface area contributed by atoms with Crippen LogP contribution < -0.4 is 20.1 Å². The summed E-state index contributed by atoms with van der Waals surface area (Å²) in [6.07, 6.45) is 0. The number of aliphatic hydroxyl groups is 2. The second-order valence-corrected chi connectivity index (χ2v) is 8.04. The van der Waals surface area contributed by atoms with Gasteiger partial charge in [0, 0.05) is 24.2 Å². The molecule has 8 heteroatoms. The van der Waals surface area contributed by atoms with Crippen LogP contribution in [0, 0.1) is 0 Å². The molecule has 186 valence electrons. The van der Waals surface area contributed by atoms with Crippen LogP contribution in [0.4, 0.5) is 0 Å². The van der Waals surface area contributed by atoms with E-state index in [1.54, 1.807) is 0 Å². The lowest BCUT2D eigenvalue weighted by atomic mass is 9.92. The van der Waals surface area contributed by atoms with E-state index in [0.29, 0.717) is 11.5 Å². The van der Waals surface area contributed by atoms with Crippen molar-refractivity contribution in [2.75, 3.05) is 39.5 Å². The van der Waals surface area contributed by atoms with Crippen LogP contribution in [0.5, 0.6) is 11.5 Å². The number of carbonyl (C=O) groups excluding carboxylic acids is 2. The van der Waals surface area contributed by atoms with Crippen molar-refractivity contribution in [3.05, 3.63) is 72.8 Å². The number of rotatable bonds is 11. The molecule has 8 nitrogen and oxygen atoms in total. The standard InChI is InChI=1S/C28H28N2O6/c31-15-13-29-25(33)17-35-23-11-9-19-5-1-3-7-21(19)27(23)28-22-8-4-2-6-20(22)10-12-24(28)36-18-26(34)30-14-16-32/h1-12,31-32H,13-18H2,(H,29,33)(H,30,34). The van der Waals surface area contributed by atoms with Crippen molar-refractivity contribution in [2.24, 2.45) is 0 Å². The first-order valence-electron chi connectivity index (χ1n) is 11.7. The van der Waals surface area contributed by atoms with Crippen LogP contribution in [0.1, 0.15) is 0 Å². The number of hydrogen-bond donors (Lipinski definition) is 4. The van der Waals surface area contributed by atoms with Crippen molar-refractivity contribution in [3.8, 4) is 22.6 Å². The summed E-state index contributed by atoms with van der Waals surface area (Å²) in [4.78, 5) is 24.4. The third-order valence-electron chi connectivity index (χ3n) is 5.62. The number of aliphatic hydroxyl groups excluding tert-OH is 2. The van der Waals surface area contributed by atoms with E-state index in [4.69, 9.17) is 19.7 Å². The summed E-state index contributed by atoms with van der Waals surface area (Å²) in [5.74, 6) is 0.272. The van der Waals surface area contributed by atoms with Gasteiger partial charge in [0.15, 0.2) is 13.2 Å². The first-order chi connectivity index (χ1) is 17.6. The summed E-state index contributed by atoms with van der Waals surface area (Å²) in [6.45, 7) is -0.477. The third-order valence-corrected chi connectivity index (χ3v) is 5.62. The zero-order chi connectivity index (χ0) is 25.3.